The molecule has 0 unspecified atom stereocenters. The Kier molecular flexibility index (Phi) is 8.46. The number of nitrogens with zero attached hydrogens (tertiary/aromatic N) is 2. The largest absolute Gasteiger partial charge is 0.493 e. The molecule has 10 heteroatoms. The molecule has 0 radical (unpaired) electrons. The molecule has 0 saturated carbocycles. The van der Waals surface area contributed by atoms with Crippen LogP contribution in [0.25, 0.3) is 6.08 Å². The molecule has 1 saturated heterocycles. The van der Waals surface area contributed by atoms with Crippen LogP contribution in [0.5, 0.6) is 11.5 Å². The molecule has 4 rings (SSSR count). The van der Waals surface area contributed by atoms with Crippen LogP contribution < -0.4 is 9.47 Å². The van der Waals surface area contributed by atoms with Gasteiger partial charge in [0.05, 0.1) is 33.8 Å². The van der Waals surface area contributed by atoms with Crippen LogP contribution in [0.1, 0.15) is 22.3 Å². The Morgan fingerprint density at radius 2 is 1.89 bits per heavy atom. The number of hydrogen-bond acceptors (Lipinski definition) is 6. The van der Waals surface area contributed by atoms with E-state index < -0.39 is 5.91 Å². The van der Waals surface area contributed by atoms with Crippen LogP contribution >= 0.6 is 57.6 Å². The third kappa shape index (κ3) is 5.81. The molecule has 3 aromatic carbocycles. The van der Waals surface area contributed by atoms with Gasteiger partial charge in [-0.3, -0.25) is 14.5 Å². The van der Waals surface area contributed by atoms with Crippen LogP contribution in [-0.4, -0.2) is 23.2 Å². The molecule has 0 aliphatic carbocycles. The van der Waals surface area contributed by atoms with Crippen molar-refractivity contribution in [3.63, 3.8) is 0 Å². The lowest BCUT2D eigenvalue weighted by Crippen LogP contribution is -2.27. The standard InChI is InChI=1S/C26H17Cl2IN2O4S/c1-34-22-9-15(8-21(29)24(22)35-14-18-6-7-19(27)11-20(18)28)10-23-25(32)31(26(33)36-23)13-17-5-3-2-4-16(17)12-30/h2-11H,13-14H2,1H3/b23-10+. The SMILES string of the molecule is COc1cc(/C=C2/SC(=O)N(Cc3ccccc3C#N)C2=O)cc(I)c1OCc1ccc(Cl)cc1Cl. The zero-order valence-electron chi connectivity index (χ0n) is 18.8. The number of hydrogen-bond donors (Lipinski definition) is 0. The van der Waals surface area contributed by atoms with E-state index in [1.165, 1.54) is 7.11 Å². The molecule has 0 spiro atoms. The number of carbonyl (C=O) groups is 2. The summed E-state index contributed by atoms with van der Waals surface area (Å²) < 4.78 is 12.3. The predicted molar refractivity (Wildman–Crippen MR) is 149 cm³/mol. The molecule has 6 nitrogen and oxygen atoms in total. The van der Waals surface area contributed by atoms with Crippen molar-refractivity contribution in [3.05, 3.63) is 95.4 Å². The minimum atomic E-state index is -0.413. The van der Waals surface area contributed by atoms with Crippen molar-refractivity contribution >= 4 is 74.8 Å². The average molecular weight is 651 g/mol. The number of benzene rings is 3. The lowest BCUT2D eigenvalue weighted by atomic mass is 10.1. The van der Waals surface area contributed by atoms with Gasteiger partial charge < -0.3 is 9.47 Å². The molecule has 0 aromatic heterocycles. The summed E-state index contributed by atoms with van der Waals surface area (Å²) >= 11 is 15.2. The summed E-state index contributed by atoms with van der Waals surface area (Å²) in [5, 5.41) is 9.96. The quantitative estimate of drug-likeness (QED) is 0.197. The second kappa shape index (κ2) is 11.6. The third-order valence-corrected chi connectivity index (χ3v) is 7.57. The number of imide groups is 1. The fourth-order valence-electron chi connectivity index (χ4n) is 3.48. The third-order valence-electron chi connectivity index (χ3n) is 5.28. The first-order valence-corrected chi connectivity index (χ1v) is 13.1. The normalized spacial score (nSPS) is 14.3. The fraction of sp³-hybridized carbons (Fsp3) is 0.115. The van der Waals surface area contributed by atoms with Gasteiger partial charge in [-0.25, -0.2) is 0 Å². The zero-order chi connectivity index (χ0) is 25.8. The minimum absolute atomic E-state index is 0.0344. The van der Waals surface area contributed by atoms with Crippen LogP contribution in [-0.2, 0) is 17.9 Å². The Labute approximate surface area is 235 Å². The molecule has 0 N–H and O–H groups in total. The zero-order valence-corrected chi connectivity index (χ0v) is 23.2. The van der Waals surface area contributed by atoms with Crippen molar-refractivity contribution in [2.45, 2.75) is 13.2 Å². The van der Waals surface area contributed by atoms with E-state index in [-0.39, 0.29) is 23.3 Å². The van der Waals surface area contributed by atoms with Gasteiger partial charge in [0.2, 0.25) is 0 Å². The Balaban J connectivity index is 1.55. The van der Waals surface area contributed by atoms with Gasteiger partial charge in [0.1, 0.15) is 6.61 Å². The number of rotatable bonds is 7. The monoisotopic (exact) mass is 650 g/mol. The summed E-state index contributed by atoms with van der Waals surface area (Å²) in [5.41, 5.74) is 2.49. The maximum Gasteiger partial charge on any atom is 0.293 e. The van der Waals surface area contributed by atoms with Crippen molar-refractivity contribution in [1.29, 1.82) is 5.26 Å². The number of halogens is 3. The molecular formula is C26H17Cl2IN2O4S. The van der Waals surface area contributed by atoms with E-state index in [1.54, 1.807) is 54.6 Å². The fourth-order valence-corrected chi connectivity index (χ4v) is 5.56. The summed E-state index contributed by atoms with van der Waals surface area (Å²) in [6.45, 7) is 0.247. The molecule has 36 heavy (non-hydrogen) atoms. The summed E-state index contributed by atoms with van der Waals surface area (Å²) in [6, 6.07) is 17.7. The van der Waals surface area contributed by atoms with E-state index in [2.05, 4.69) is 28.7 Å². The van der Waals surface area contributed by atoms with Crippen molar-refractivity contribution in [2.24, 2.45) is 0 Å². The first kappa shape index (κ1) is 26.4. The number of ether oxygens (including phenoxy) is 2. The maximum absolute atomic E-state index is 13.0. The van der Waals surface area contributed by atoms with Gasteiger partial charge in [-0.15, -0.1) is 0 Å². The highest BCUT2D eigenvalue weighted by Crippen LogP contribution is 2.38. The van der Waals surface area contributed by atoms with Crippen LogP contribution in [0.15, 0.2) is 59.5 Å². The van der Waals surface area contributed by atoms with E-state index in [0.29, 0.717) is 38.2 Å². The number of carbonyl (C=O) groups excluding carboxylic acids is 2. The van der Waals surface area contributed by atoms with Crippen LogP contribution in [0, 0.1) is 14.9 Å². The number of nitriles is 1. The summed E-state index contributed by atoms with van der Waals surface area (Å²) in [7, 11) is 1.53. The van der Waals surface area contributed by atoms with E-state index in [9.17, 15) is 14.9 Å². The first-order chi connectivity index (χ1) is 17.3. The molecule has 3 aromatic rings. The average Bonchev–Trinajstić information content (AvgIpc) is 3.11. The Hall–Kier alpha value is -2.71. The Morgan fingerprint density at radius 3 is 2.61 bits per heavy atom. The van der Waals surface area contributed by atoms with E-state index in [0.717, 1.165) is 25.8 Å². The highest BCUT2D eigenvalue weighted by molar-refractivity contribution is 14.1. The van der Waals surface area contributed by atoms with Gasteiger partial charge in [-0.05, 0) is 81.9 Å². The van der Waals surface area contributed by atoms with E-state index in [4.69, 9.17) is 32.7 Å². The number of methoxy groups -OCH3 is 1. The van der Waals surface area contributed by atoms with Crippen molar-refractivity contribution in [2.75, 3.05) is 7.11 Å². The van der Waals surface area contributed by atoms with Crippen LogP contribution in [0.2, 0.25) is 10.0 Å². The van der Waals surface area contributed by atoms with Gasteiger partial charge in [0, 0.05) is 15.6 Å². The molecule has 0 atom stereocenters. The highest BCUT2D eigenvalue weighted by atomic mass is 127. The van der Waals surface area contributed by atoms with Gasteiger partial charge >= 0.3 is 0 Å². The molecule has 2 amide bonds. The van der Waals surface area contributed by atoms with E-state index >= 15 is 0 Å². The Bertz CT molecular complexity index is 1440. The summed E-state index contributed by atoms with van der Waals surface area (Å²) in [4.78, 5) is 27.0. The topological polar surface area (TPSA) is 79.6 Å². The maximum atomic E-state index is 13.0. The smallest absolute Gasteiger partial charge is 0.293 e. The first-order valence-electron chi connectivity index (χ1n) is 10.5. The van der Waals surface area contributed by atoms with Crippen LogP contribution in [0.4, 0.5) is 4.79 Å². The second-order valence-electron chi connectivity index (χ2n) is 7.60. The molecule has 1 heterocycles. The lowest BCUT2D eigenvalue weighted by Gasteiger charge is -2.15. The molecule has 1 aliphatic heterocycles. The molecule has 0 bridgehead atoms. The highest BCUT2D eigenvalue weighted by Gasteiger charge is 2.35. The molecule has 1 aliphatic rings. The minimum Gasteiger partial charge on any atom is -0.493 e. The second-order valence-corrected chi connectivity index (χ2v) is 10.6. The lowest BCUT2D eigenvalue weighted by molar-refractivity contribution is -0.123. The molecule has 1 fully saturated rings. The summed E-state index contributed by atoms with van der Waals surface area (Å²) in [6.07, 6.45) is 1.64. The number of amides is 2. The molecular weight excluding hydrogens is 634 g/mol. The van der Waals surface area contributed by atoms with Gasteiger partial charge in [-0.2, -0.15) is 5.26 Å². The molecule has 182 valence electrons. The van der Waals surface area contributed by atoms with Crippen LogP contribution in [0.3, 0.4) is 0 Å². The van der Waals surface area contributed by atoms with Gasteiger partial charge in [-0.1, -0.05) is 47.5 Å². The Morgan fingerprint density at radius 1 is 1.11 bits per heavy atom. The van der Waals surface area contributed by atoms with Crippen molar-refractivity contribution in [3.8, 4) is 17.6 Å². The van der Waals surface area contributed by atoms with E-state index in [1.807, 2.05) is 6.07 Å². The van der Waals surface area contributed by atoms with Gasteiger partial charge in [0.25, 0.3) is 11.1 Å². The van der Waals surface area contributed by atoms with Crippen molar-refractivity contribution < 1.29 is 19.1 Å². The van der Waals surface area contributed by atoms with Gasteiger partial charge in [0.15, 0.2) is 11.5 Å². The van der Waals surface area contributed by atoms with Crippen molar-refractivity contribution in [1.82, 2.24) is 4.90 Å². The predicted octanol–water partition coefficient (Wildman–Crippen LogP) is 7.29. The summed E-state index contributed by atoms with van der Waals surface area (Å²) in [5.74, 6) is 0.590. The number of thioether (sulfide) groups is 1.